The summed E-state index contributed by atoms with van der Waals surface area (Å²) < 4.78 is 5.30. The van der Waals surface area contributed by atoms with Gasteiger partial charge in [-0.2, -0.15) is 0 Å². The summed E-state index contributed by atoms with van der Waals surface area (Å²) >= 11 is 0. The van der Waals surface area contributed by atoms with Crippen molar-refractivity contribution in [2.24, 2.45) is 11.1 Å². The van der Waals surface area contributed by atoms with Crippen molar-refractivity contribution in [1.82, 2.24) is 0 Å². The third kappa shape index (κ3) is 3.16. The standard InChI is InChI=1S/C15H26N2O/c1-11(15(2,3)4)17(5)14-9-13(18-6)8-7-12(14)10-16/h7-9,11H,10,16H2,1-6H3. The van der Waals surface area contributed by atoms with Gasteiger partial charge in [0.1, 0.15) is 5.75 Å². The number of ether oxygens (including phenoxy) is 1. The number of nitrogens with two attached hydrogens (primary N) is 1. The van der Waals surface area contributed by atoms with Gasteiger partial charge in [-0.25, -0.2) is 0 Å². The van der Waals surface area contributed by atoms with Crippen LogP contribution >= 0.6 is 0 Å². The van der Waals surface area contributed by atoms with E-state index in [1.165, 1.54) is 0 Å². The van der Waals surface area contributed by atoms with E-state index < -0.39 is 0 Å². The van der Waals surface area contributed by atoms with Crippen LogP contribution in [-0.2, 0) is 6.54 Å². The zero-order valence-corrected chi connectivity index (χ0v) is 12.4. The molecular formula is C15H26N2O. The SMILES string of the molecule is COc1ccc(CN)c(N(C)C(C)C(C)(C)C)c1. The molecule has 3 nitrogen and oxygen atoms in total. The highest BCUT2D eigenvalue weighted by Gasteiger charge is 2.25. The van der Waals surface area contributed by atoms with Crippen LogP contribution in [0.25, 0.3) is 0 Å². The highest BCUT2D eigenvalue weighted by molar-refractivity contribution is 5.57. The van der Waals surface area contributed by atoms with E-state index in [2.05, 4.69) is 45.7 Å². The molecule has 102 valence electrons. The van der Waals surface area contributed by atoms with Crippen LogP contribution in [0.4, 0.5) is 5.69 Å². The Balaban J connectivity index is 3.14. The number of rotatable bonds is 4. The number of methoxy groups -OCH3 is 1. The molecule has 0 spiro atoms. The molecule has 18 heavy (non-hydrogen) atoms. The predicted molar refractivity (Wildman–Crippen MR) is 78.2 cm³/mol. The first kappa shape index (κ1) is 14.8. The lowest BCUT2D eigenvalue weighted by Crippen LogP contribution is -2.40. The lowest BCUT2D eigenvalue weighted by atomic mass is 9.86. The summed E-state index contributed by atoms with van der Waals surface area (Å²) in [6.45, 7) is 9.52. The summed E-state index contributed by atoms with van der Waals surface area (Å²) in [5.74, 6) is 0.871. The number of hydrogen-bond acceptors (Lipinski definition) is 3. The van der Waals surface area contributed by atoms with Gasteiger partial charge in [0.25, 0.3) is 0 Å². The van der Waals surface area contributed by atoms with E-state index >= 15 is 0 Å². The van der Waals surface area contributed by atoms with Gasteiger partial charge >= 0.3 is 0 Å². The maximum atomic E-state index is 5.82. The fourth-order valence-electron chi connectivity index (χ4n) is 1.96. The Morgan fingerprint density at radius 1 is 1.33 bits per heavy atom. The summed E-state index contributed by atoms with van der Waals surface area (Å²) in [5.41, 5.74) is 8.33. The minimum Gasteiger partial charge on any atom is -0.497 e. The van der Waals surface area contributed by atoms with Gasteiger partial charge in [-0.05, 0) is 24.0 Å². The minimum absolute atomic E-state index is 0.212. The molecule has 0 aliphatic carbocycles. The van der Waals surface area contributed by atoms with Gasteiger partial charge in [0, 0.05) is 31.4 Å². The Bertz CT molecular complexity index is 396. The second kappa shape index (κ2) is 5.61. The monoisotopic (exact) mass is 250 g/mol. The Hall–Kier alpha value is -1.22. The fourth-order valence-corrected chi connectivity index (χ4v) is 1.96. The molecule has 1 atom stereocenters. The zero-order valence-electron chi connectivity index (χ0n) is 12.4. The largest absolute Gasteiger partial charge is 0.497 e. The van der Waals surface area contributed by atoms with Gasteiger partial charge in [0.05, 0.1) is 7.11 Å². The predicted octanol–water partition coefficient (Wildman–Crippen LogP) is 3.02. The summed E-state index contributed by atoms with van der Waals surface area (Å²) in [4.78, 5) is 2.28. The van der Waals surface area contributed by atoms with Crippen molar-refractivity contribution >= 4 is 5.69 Å². The molecule has 0 amide bonds. The molecule has 0 aliphatic heterocycles. The average Bonchev–Trinajstić information content (AvgIpc) is 2.35. The minimum atomic E-state index is 0.212. The van der Waals surface area contributed by atoms with Crippen LogP contribution in [0, 0.1) is 5.41 Å². The normalized spacial score (nSPS) is 13.3. The third-order valence-electron chi connectivity index (χ3n) is 3.73. The molecule has 0 fully saturated rings. The molecule has 2 N–H and O–H groups in total. The van der Waals surface area contributed by atoms with E-state index in [0.717, 1.165) is 17.0 Å². The van der Waals surface area contributed by atoms with Crippen molar-refractivity contribution in [3.8, 4) is 5.75 Å². The molecule has 1 rings (SSSR count). The summed E-state index contributed by atoms with van der Waals surface area (Å²) in [7, 11) is 3.80. The Morgan fingerprint density at radius 2 is 1.94 bits per heavy atom. The zero-order chi connectivity index (χ0) is 13.9. The quantitative estimate of drug-likeness (QED) is 0.892. The molecule has 3 heteroatoms. The molecule has 0 heterocycles. The summed E-state index contributed by atoms with van der Waals surface area (Å²) in [6.07, 6.45) is 0. The molecule has 1 aromatic carbocycles. The van der Waals surface area contributed by atoms with Gasteiger partial charge in [-0.1, -0.05) is 26.8 Å². The number of hydrogen-bond donors (Lipinski definition) is 1. The second-order valence-electron chi connectivity index (χ2n) is 5.85. The maximum Gasteiger partial charge on any atom is 0.120 e. The van der Waals surface area contributed by atoms with Crippen LogP contribution < -0.4 is 15.4 Å². The lowest BCUT2D eigenvalue weighted by Gasteiger charge is -2.38. The van der Waals surface area contributed by atoms with E-state index in [1.54, 1.807) is 7.11 Å². The van der Waals surface area contributed by atoms with E-state index in [-0.39, 0.29) is 5.41 Å². The smallest absolute Gasteiger partial charge is 0.120 e. The highest BCUT2D eigenvalue weighted by atomic mass is 16.5. The van der Waals surface area contributed by atoms with Gasteiger partial charge < -0.3 is 15.4 Å². The first-order chi connectivity index (χ1) is 8.31. The molecule has 0 aliphatic rings. The Kier molecular flexibility index (Phi) is 4.63. The highest BCUT2D eigenvalue weighted by Crippen LogP contribution is 2.31. The molecule has 0 saturated carbocycles. The van der Waals surface area contributed by atoms with Crippen molar-refractivity contribution in [1.29, 1.82) is 0 Å². The van der Waals surface area contributed by atoms with E-state index in [9.17, 15) is 0 Å². The number of nitrogens with zero attached hydrogens (tertiary/aromatic N) is 1. The van der Waals surface area contributed by atoms with E-state index in [4.69, 9.17) is 10.5 Å². The van der Waals surface area contributed by atoms with Crippen LogP contribution in [0.1, 0.15) is 33.3 Å². The van der Waals surface area contributed by atoms with Crippen molar-refractivity contribution in [2.75, 3.05) is 19.1 Å². The van der Waals surface area contributed by atoms with Crippen LogP contribution in [0.15, 0.2) is 18.2 Å². The molecule has 1 aromatic rings. The van der Waals surface area contributed by atoms with Gasteiger partial charge in [-0.3, -0.25) is 0 Å². The third-order valence-corrected chi connectivity index (χ3v) is 3.73. The number of benzene rings is 1. The molecule has 0 aromatic heterocycles. The van der Waals surface area contributed by atoms with Crippen LogP contribution in [0.5, 0.6) is 5.75 Å². The Labute approximate surface area is 111 Å². The Morgan fingerprint density at radius 3 is 2.39 bits per heavy atom. The van der Waals surface area contributed by atoms with E-state index in [0.29, 0.717) is 12.6 Å². The molecule has 0 saturated heterocycles. The average molecular weight is 250 g/mol. The fraction of sp³-hybridized carbons (Fsp3) is 0.600. The first-order valence-corrected chi connectivity index (χ1v) is 6.41. The molecule has 0 radical (unpaired) electrons. The van der Waals surface area contributed by atoms with Crippen molar-refractivity contribution in [3.05, 3.63) is 23.8 Å². The van der Waals surface area contributed by atoms with Gasteiger partial charge in [-0.15, -0.1) is 0 Å². The summed E-state index contributed by atoms with van der Waals surface area (Å²) in [5, 5.41) is 0. The van der Waals surface area contributed by atoms with Crippen LogP contribution in [0.2, 0.25) is 0 Å². The van der Waals surface area contributed by atoms with E-state index in [1.807, 2.05) is 12.1 Å². The second-order valence-corrected chi connectivity index (χ2v) is 5.85. The molecule has 1 unspecified atom stereocenters. The van der Waals surface area contributed by atoms with Crippen molar-refractivity contribution in [2.45, 2.75) is 40.3 Å². The van der Waals surface area contributed by atoms with Crippen LogP contribution in [-0.4, -0.2) is 20.2 Å². The number of anilines is 1. The molecular weight excluding hydrogens is 224 g/mol. The molecule has 0 bridgehead atoms. The van der Waals surface area contributed by atoms with Crippen molar-refractivity contribution < 1.29 is 4.74 Å². The van der Waals surface area contributed by atoms with Crippen LogP contribution in [0.3, 0.4) is 0 Å². The lowest BCUT2D eigenvalue weighted by molar-refractivity contribution is 0.329. The van der Waals surface area contributed by atoms with Gasteiger partial charge in [0.15, 0.2) is 0 Å². The van der Waals surface area contributed by atoms with Gasteiger partial charge in [0.2, 0.25) is 0 Å². The van der Waals surface area contributed by atoms with Crippen molar-refractivity contribution in [3.63, 3.8) is 0 Å². The summed E-state index contributed by atoms with van der Waals surface area (Å²) in [6, 6.07) is 6.47. The maximum absolute atomic E-state index is 5.82. The first-order valence-electron chi connectivity index (χ1n) is 6.41. The topological polar surface area (TPSA) is 38.5 Å².